The van der Waals surface area contributed by atoms with Gasteiger partial charge < -0.3 is 25.2 Å². The largest absolute Gasteiger partial charge is 0.489 e. The van der Waals surface area contributed by atoms with Gasteiger partial charge in [-0.25, -0.2) is 13.2 Å². The van der Waals surface area contributed by atoms with Crippen LogP contribution in [0.15, 0.2) is 138 Å². The number of nitrogens with one attached hydrogen (secondary N) is 2. The number of fused-ring (bicyclic) bond motifs is 2. The molecule has 2 amide bonds. The Bertz CT molecular complexity index is 2840. The number of hydrogen-bond donors (Lipinski definition) is 3. The zero-order valence-electron chi connectivity index (χ0n) is 32.6. The summed E-state index contributed by atoms with van der Waals surface area (Å²) in [5, 5.41) is 25.7. The third kappa shape index (κ3) is 9.00. The number of nitrogens with zero attached hydrogens (tertiary/aromatic N) is 2. The van der Waals surface area contributed by atoms with Crippen LogP contribution >= 0.6 is 23.2 Å². The average Bonchev–Trinajstić information content (AvgIpc) is 3.28. The summed E-state index contributed by atoms with van der Waals surface area (Å²) >= 11 is 12.1. The third-order valence-corrected chi connectivity index (χ3v) is 13.3. The topological polar surface area (TPSA) is 175 Å². The Kier molecular flexibility index (Phi) is 12.0. The first-order valence-electron chi connectivity index (χ1n) is 19.4. The number of sulfonamides is 1. The quantitative estimate of drug-likeness (QED) is 0.110. The molecule has 0 radical (unpaired) electrons. The highest BCUT2D eigenvalue weighted by Crippen LogP contribution is 2.41. The number of ether oxygens (including phenoxy) is 2. The van der Waals surface area contributed by atoms with E-state index < -0.39 is 46.0 Å². The molecule has 6 aromatic carbocycles. The third-order valence-electron chi connectivity index (χ3n) is 10.7. The van der Waals surface area contributed by atoms with Crippen LogP contribution in [0.3, 0.4) is 0 Å². The Balaban J connectivity index is 1.01. The number of carbonyl (C=O) groups excluding carboxylic acids is 2. The van der Waals surface area contributed by atoms with E-state index in [1.807, 2.05) is 30.3 Å². The predicted molar refractivity (Wildman–Crippen MR) is 232 cm³/mol. The highest BCUT2D eigenvalue weighted by molar-refractivity contribution is 7.89. The average molecular weight is 888 g/mol. The fourth-order valence-corrected chi connectivity index (χ4v) is 9.31. The minimum absolute atomic E-state index is 0.0377. The molecule has 0 aliphatic carbocycles. The Labute approximate surface area is 367 Å². The smallest absolute Gasteiger partial charge is 0.326 e. The van der Waals surface area contributed by atoms with Crippen molar-refractivity contribution in [1.29, 1.82) is 5.26 Å². The second-order valence-electron chi connectivity index (χ2n) is 14.8. The fourth-order valence-electron chi connectivity index (χ4n) is 7.40. The van der Waals surface area contributed by atoms with Gasteiger partial charge >= 0.3 is 5.97 Å². The Morgan fingerprint density at radius 3 is 2.21 bits per heavy atom. The summed E-state index contributed by atoms with van der Waals surface area (Å²) in [6, 6.07) is 36.7. The van der Waals surface area contributed by atoms with Crippen molar-refractivity contribution in [3.8, 4) is 28.7 Å². The fraction of sp³-hybridized carbons (Fsp3) is 0.149. The summed E-state index contributed by atoms with van der Waals surface area (Å²) in [6.07, 6.45) is -1.22. The molecule has 3 N–H and O–H groups in total. The van der Waals surface area contributed by atoms with E-state index >= 15 is 0 Å². The van der Waals surface area contributed by atoms with Crippen LogP contribution in [0.4, 0.5) is 5.69 Å². The van der Waals surface area contributed by atoms with Crippen molar-refractivity contribution in [1.82, 2.24) is 9.62 Å². The van der Waals surface area contributed by atoms with E-state index in [1.54, 1.807) is 91.0 Å². The number of aliphatic carboxylic acids is 1. The van der Waals surface area contributed by atoms with Crippen LogP contribution in [0.5, 0.6) is 11.5 Å². The zero-order chi connectivity index (χ0) is 43.5. The maximum atomic E-state index is 14.3. The summed E-state index contributed by atoms with van der Waals surface area (Å²) in [7, 11) is -4.29. The van der Waals surface area contributed by atoms with Crippen molar-refractivity contribution in [2.75, 3.05) is 5.32 Å². The lowest BCUT2D eigenvalue weighted by Crippen LogP contribution is -2.55. The number of carbonyl (C=O) groups is 3. The minimum Gasteiger partial charge on any atom is -0.489 e. The number of anilines is 1. The van der Waals surface area contributed by atoms with E-state index in [9.17, 15) is 27.9 Å². The number of amides is 2. The molecule has 2 aliphatic rings. The van der Waals surface area contributed by atoms with Crippen molar-refractivity contribution >= 4 is 56.7 Å². The van der Waals surface area contributed by atoms with E-state index in [4.69, 9.17) is 37.9 Å². The van der Waals surface area contributed by atoms with Gasteiger partial charge in [-0.1, -0.05) is 96.0 Å². The maximum absolute atomic E-state index is 14.3. The van der Waals surface area contributed by atoms with Crippen molar-refractivity contribution in [3.05, 3.63) is 177 Å². The van der Waals surface area contributed by atoms with Crippen molar-refractivity contribution in [3.63, 3.8) is 0 Å². The molecule has 0 aromatic heterocycles. The summed E-state index contributed by atoms with van der Waals surface area (Å²) in [4.78, 5) is 40.1. The van der Waals surface area contributed by atoms with E-state index in [0.29, 0.717) is 55.0 Å². The first-order valence-corrected chi connectivity index (χ1v) is 21.6. The van der Waals surface area contributed by atoms with Gasteiger partial charge in [0, 0.05) is 18.5 Å². The number of halogens is 2. The summed E-state index contributed by atoms with van der Waals surface area (Å²) in [6.45, 7) is 0.00536. The summed E-state index contributed by atoms with van der Waals surface area (Å²) in [5.41, 5.74) is 5.73. The molecule has 15 heteroatoms. The van der Waals surface area contributed by atoms with Gasteiger partial charge in [0.15, 0.2) is 0 Å². The van der Waals surface area contributed by atoms with E-state index in [-0.39, 0.29) is 30.9 Å². The lowest BCUT2D eigenvalue weighted by atomic mass is 9.93. The Hall–Kier alpha value is -6.69. The second-order valence-corrected chi connectivity index (χ2v) is 17.5. The number of carboxylic acids is 1. The van der Waals surface area contributed by atoms with Gasteiger partial charge in [-0.15, -0.1) is 0 Å². The Morgan fingerprint density at radius 2 is 1.55 bits per heavy atom. The number of benzene rings is 6. The van der Waals surface area contributed by atoms with Gasteiger partial charge in [-0.3, -0.25) is 9.59 Å². The van der Waals surface area contributed by atoms with Gasteiger partial charge in [0.05, 0.1) is 32.3 Å². The summed E-state index contributed by atoms with van der Waals surface area (Å²) < 4.78 is 41.7. The molecular formula is C47H36Cl2N4O8S. The molecule has 62 heavy (non-hydrogen) atoms. The molecule has 3 atom stereocenters. The zero-order valence-corrected chi connectivity index (χ0v) is 35.0. The second kappa shape index (κ2) is 17.7. The standard InChI is InChI=1S/C47H36Cl2N4O8S/c48-38-19-10-30(20-39(38)49)27-60-36-17-15-33(16-18-36)44-46(55)51-40-22-34-23-42(53(26-35(34)24-43(40)61-44)62(58,59)37-4-2-1-3-5-37)45(54)52-41(47(56)57)21-28-6-11-31(12-7-28)32-13-8-29(25-50)9-14-32/h1-20,22,24,41-42,44H,21,23,26-27H2,(H,51,55)(H,52,54)(H,56,57)/t41-,42-,44?/m0/s1. The van der Waals surface area contributed by atoms with Crippen LogP contribution in [0, 0.1) is 11.3 Å². The predicted octanol–water partition coefficient (Wildman–Crippen LogP) is 8.11. The molecule has 0 saturated carbocycles. The van der Waals surface area contributed by atoms with Crippen LogP contribution in [0.2, 0.25) is 10.0 Å². The Morgan fingerprint density at radius 1 is 0.871 bits per heavy atom. The van der Waals surface area contributed by atoms with Crippen LogP contribution in [0.1, 0.15) is 39.5 Å². The molecule has 1 unspecified atom stereocenters. The monoisotopic (exact) mass is 886 g/mol. The van der Waals surface area contributed by atoms with Gasteiger partial charge in [-0.2, -0.15) is 9.57 Å². The molecule has 2 aliphatic heterocycles. The van der Waals surface area contributed by atoms with Gasteiger partial charge in [0.25, 0.3) is 5.91 Å². The number of rotatable bonds is 12. The van der Waals surface area contributed by atoms with Crippen LogP contribution in [-0.4, -0.2) is 47.7 Å². The SMILES string of the molecule is N#Cc1ccc(-c2ccc(C[C@H](NC(=O)[C@@H]3Cc4cc5c(cc4CN3S(=O)(=O)c3ccccc3)OC(c3ccc(OCc4ccc(Cl)c(Cl)c4)cc3)C(=O)N5)C(=O)O)cc2)cc1. The molecule has 0 spiro atoms. The van der Waals surface area contributed by atoms with Crippen molar-refractivity contribution in [2.45, 2.75) is 49.1 Å². The van der Waals surface area contributed by atoms with E-state index in [0.717, 1.165) is 21.0 Å². The molecule has 6 aromatic rings. The molecule has 12 nitrogen and oxygen atoms in total. The normalized spacial score (nSPS) is 16.4. The molecule has 8 rings (SSSR count). The molecule has 0 bridgehead atoms. The van der Waals surface area contributed by atoms with Gasteiger partial charge in [0.1, 0.15) is 30.2 Å². The molecule has 0 fully saturated rings. The lowest BCUT2D eigenvalue weighted by Gasteiger charge is -2.36. The minimum atomic E-state index is -4.29. The van der Waals surface area contributed by atoms with Gasteiger partial charge in [0.2, 0.25) is 22.0 Å². The van der Waals surface area contributed by atoms with E-state index in [2.05, 4.69) is 16.7 Å². The molecule has 312 valence electrons. The number of carboxylic acid groups (broad SMARTS) is 1. The molecule has 0 saturated heterocycles. The molecular weight excluding hydrogens is 852 g/mol. The number of nitriles is 1. The molecule has 2 heterocycles. The lowest BCUT2D eigenvalue weighted by molar-refractivity contribution is -0.142. The first-order chi connectivity index (χ1) is 29.9. The van der Waals surface area contributed by atoms with Crippen molar-refractivity contribution < 1.29 is 37.4 Å². The number of hydrogen-bond acceptors (Lipinski definition) is 8. The highest BCUT2D eigenvalue weighted by atomic mass is 35.5. The van der Waals surface area contributed by atoms with Crippen LogP contribution in [0.25, 0.3) is 11.1 Å². The van der Waals surface area contributed by atoms with Crippen molar-refractivity contribution in [2.24, 2.45) is 0 Å². The highest BCUT2D eigenvalue weighted by Gasteiger charge is 2.42. The maximum Gasteiger partial charge on any atom is 0.326 e. The van der Waals surface area contributed by atoms with Crippen LogP contribution in [-0.2, 0) is 50.4 Å². The van der Waals surface area contributed by atoms with Crippen LogP contribution < -0.4 is 20.1 Å². The summed E-state index contributed by atoms with van der Waals surface area (Å²) in [5.74, 6) is -1.66. The van der Waals surface area contributed by atoms with E-state index in [1.165, 1.54) is 12.1 Å². The van der Waals surface area contributed by atoms with Gasteiger partial charge in [-0.05, 0) is 100 Å². The first kappa shape index (κ1) is 42.0.